The van der Waals surface area contributed by atoms with E-state index >= 15 is 0 Å². The molecule has 2 aromatic rings. The third-order valence-electron chi connectivity index (χ3n) is 4.66. The fraction of sp³-hybridized carbons (Fsp3) is 0.444. The zero-order valence-corrected chi connectivity index (χ0v) is 17.6. The second kappa shape index (κ2) is 8.10. The molecular weight excluding hydrogens is 404 g/mol. The number of rotatable bonds is 5. The van der Waals surface area contributed by atoms with Crippen molar-refractivity contribution in [3.05, 3.63) is 40.7 Å². The smallest absolute Gasteiger partial charge is 0.258 e. The summed E-state index contributed by atoms with van der Waals surface area (Å²) in [6, 6.07) is 6.36. The Labute approximate surface area is 169 Å². The Balaban J connectivity index is 1.69. The maximum Gasteiger partial charge on any atom is 0.258 e. The zero-order valence-electron chi connectivity index (χ0n) is 16.1. The summed E-state index contributed by atoms with van der Waals surface area (Å²) < 4.78 is 33.9. The molecule has 10 heteroatoms. The van der Waals surface area contributed by atoms with E-state index in [0.29, 0.717) is 36.7 Å². The summed E-state index contributed by atoms with van der Waals surface area (Å²) >= 11 is 6.18. The molecule has 0 spiro atoms. The van der Waals surface area contributed by atoms with Crippen LogP contribution in [0.2, 0.25) is 5.15 Å². The van der Waals surface area contributed by atoms with E-state index in [1.54, 1.807) is 31.0 Å². The van der Waals surface area contributed by atoms with Gasteiger partial charge in [-0.25, -0.2) is 8.42 Å². The van der Waals surface area contributed by atoms with Gasteiger partial charge < -0.3 is 9.64 Å². The Bertz CT molecular complexity index is 964. The van der Waals surface area contributed by atoms with Crippen LogP contribution in [-0.4, -0.2) is 66.1 Å². The third kappa shape index (κ3) is 3.87. The molecule has 0 aliphatic carbocycles. The van der Waals surface area contributed by atoms with Crippen LogP contribution in [0.25, 0.3) is 0 Å². The van der Waals surface area contributed by atoms with E-state index in [1.807, 2.05) is 6.92 Å². The highest BCUT2D eigenvalue weighted by Crippen LogP contribution is 2.24. The first-order chi connectivity index (χ1) is 13.3. The molecule has 1 aromatic carbocycles. The van der Waals surface area contributed by atoms with Gasteiger partial charge in [-0.15, -0.1) is 0 Å². The van der Waals surface area contributed by atoms with Crippen LogP contribution in [0.15, 0.2) is 29.2 Å². The molecule has 0 radical (unpaired) electrons. The molecule has 28 heavy (non-hydrogen) atoms. The first-order valence-electron chi connectivity index (χ1n) is 8.97. The lowest BCUT2D eigenvalue weighted by Crippen LogP contribution is -2.50. The summed E-state index contributed by atoms with van der Waals surface area (Å²) in [5.74, 6) is 0.398. The number of piperazine rings is 1. The number of sulfonamides is 1. The lowest BCUT2D eigenvalue weighted by molar-refractivity contribution is 0.0697. The highest BCUT2D eigenvalue weighted by Gasteiger charge is 2.32. The van der Waals surface area contributed by atoms with Gasteiger partial charge in [-0.3, -0.25) is 9.48 Å². The Morgan fingerprint density at radius 2 is 1.79 bits per heavy atom. The van der Waals surface area contributed by atoms with Crippen LogP contribution in [0.1, 0.15) is 23.0 Å². The van der Waals surface area contributed by atoms with Crippen LogP contribution >= 0.6 is 11.6 Å². The summed E-state index contributed by atoms with van der Waals surface area (Å²) in [4.78, 5) is 14.6. The van der Waals surface area contributed by atoms with E-state index in [1.165, 1.54) is 21.1 Å². The summed E-state index contributed by atoms with van der Waals surface area (Å²) in [7, 11) is -1.95. The van der Waals surface area contributed by atoms with Gasteiger partial charge in [0.2, 0.25) is 10.0 Å². The SMILES string of the molecule is CCOc1ccc(S(=O)(=O)N2CCN(C(=O)c3c(C)nn(C)c3Cl)CC2)cc1. The van der Waals surface area contributed by atoms with E-state index < -0.39 is 10.0 Å². The molecule has 1 aliphatic heterocycles. The molecule has 1 aliphatic rings. The third-order valence-corrected chi connectivity index (χ3v) is 7.01. The van der Waals surface area contributed by atoms with Gasteiger partial charge in [0.15, 0.2) is 0 Å². The largest absolute Gasteiger partial charge is 0.494 e. The molecule has 0 saturated carbocycles. The zero-order chi connectivity index (χ0) is 20.5. The highest BCUT2D eigenvalue weighted by atomic mass is 35.5. The number of carbonyl (C=O) groups is 1. The summed E-state index contributed by atoms with van der Waals surface area (Å²) in [5, 5.41) is 4.45. The van der Waals surface area contributed by atoms with Gasteiger partial charge in [0, 0.05) is 33.2 Å². The van der Waals surface area contributed by atoms with Gasteiger partial charge in [0.25, 0.3) is 5.91 Å². The Hall–Kier alpha value is -2.10. The number of aryl methyl sites for hydroxylation is 2. The number of halogens is 1. The molecular formula is C18H23ClN4O4S. The minimum Gasteiger partial charge on any atom is -0.494 e. The van der Waals surface area contributed by atoms with Crippen molar-refractivity contribution < 1.29 is 17.9 Å². The van der Waals surface area contributed by atoms with Crippen molar-refractivity contribution in [3.63, 3.8) is 0 Å². The van der Waals surface area contributed by atoms with Crippen molar-refractivity contribution in [3.8, 4) is 5.75 Å². The maximum absolute atomic E-state index is 12.9. The van der Waals surface area contributed by atoms with E-state index in [4.69, 9.17) is 16.3 Å². The van der Waals surface area contributed by atoms with Crippen LogP contribution in [0.5, 0.6) is 5.75 Å². The van der Waals surface area contributed by atoms with Crippen molar-refractivity contribution in [2.45, 2.75) is 18.7 Å². The fourth-order valence-electron chi connectivity index (χ4n) is 3.19. The summed E-state index contributed by atoms with van der Waals surface area (Å²) in [5.41, 5.74) is 0.925. The van der Waals surface area contributed by atoms with Gasteiger partial charge >= 0.3 is 0 Å². The second-order valence-corrected chi connectivity index (χ2v) is 8.77. The number of amides is 1. The molecule has 152 valence electrons. The van der Waals surface area contributed by atoms with Crippen LogP contribution in [-0.2, 0) is 17.1 Å². The fourth-order valence-corrected chi connectivity index (χ4v) is 4.86. The van der Waals surface area contributed by atoms with E-state index in [-0.39, 0.29) is 29.0 Å². The molecule has 8 nitrogen and oxygen atoms in total. The number of carbonyl (C=O) groups excluding carboxylic acids is 1. The van der Waals surface area contributed by atoms with E-state index in [9.17, 15) is 13.2 Å². The highest BCUT2D eigenvalue weighted by molar-refractivity contribution is 7.89. The van der Waals surface area contributed by atoms with Crippen molar-refractivity contribution in [1.29, 1.82) is 0 Å². The first kappa shape index (κ1) is 20.6. The average Bonchev–Trinajstić information content (AvgIpc) is 2.94. The lowest BCUT2D eigenvalue weighted by Gasteiger charge is -2.34. The molecule has 0 unspecified atom stereocenters. The first-order valence-corrected chi connectivity index (χ1v) is 10.8. The Kier molecular flexibility index (Phi) is 5.97. The topological polar surface area (TPSA) is 84.7 Å². The van der Waals surface area contributed by atoms with Gasteiger partial charge in [-0.05, 0) is 38.1 Å². The molecule has 2 heterocycles. The number of aromatic nitrogens is 2. The normalized spacial score (nSPS) is 15.6. The monoisotopic (exact) mass is 426 g/mol. The minimum atomic E-state index is -3.62. The standard InChI is InChI=1S/C18H23ClN4O4S/c1-4-27-14-5-7-15(8-6-14)28(25,26)23-11-9-22(10-12-23)18(24)16-13(2)20-21(3)17(16)19/h5-8H,4,9-12H2,1-3H3. The summed E-state index contributed by atoms with van der Waals surface area (Å²) in [6.07, 6.45) is 0. The molecule has 1 saturated heterocycles. The molecule has 3 rings (SSSR count). The van der Waals surface area contributed by atoms with Crippen LogP contribution in [0.3, 0.4) is 0 Å². The Morgan fingerprint density at radius 1 is 1.18 bits per heavy atom. The van der Waals surface area contributed by atoms with E-state index in [0.717, 1.165) is 0 Å². The number of ether oxygens (including phenoxy) is 1. The van der Waals surface area contributed by atoms with Crippen molar-refractivity contribution in [1.82, 2.24) is 19.0 Å². The van der Waals surface area contributed by atoms with Gasteiger partial charge in [-0.2, -0.15) is 9.40 Å². The second-order valence-electron chi connectivity index (χ2n) is 6.48. The van der Waals surface area contributed by atoms with Crippen LogP contribution in [0, 0.1) is 6.92 Å². The average molecular weight is 427 g/mol. The quantitative estimate of drug-likeness (QED) is 0.729. The molecule has 0 bridgehead atoms. The number of nitrogens with zero attached hydrogens (tertiary/aromatic N) is 4. The van der Waals surface area contributed by atoms with Gasteiger partial charge in [0.05, 0.1) is 22.8 Å². The number of hydrogen-bond acceptors (Lipinski definition) is 5. The summed E-state index contributed by atoms with van der Waals surface area (Å²) in [6.45, 7) is 5.13. The molecule has 1 amide bonds. The lowest BCUT2D eigenvalue weighted by atomic mass is 10.2. The number of hydrogen-bond donors (Lipinski definition) is 0. The van der Waals surface area contributed by atoms with Gasteiger partial charge in [-0.1, -0.05) is 11.6 Å². The maximum atomic E-state index is 12.9. The van der Waals surface area contributed by atoms with E-state index in [2.05, 4.69) is 5.10 Å². The predicted octanol–water partition coefficient (Wildman–Crippen LogP) is 1.93. The Morgan fingerprint density at radius 3 is 2.29 bits per heavy atom. The number of benzene rings is 1. The molecule has 0 atom stereocenters. The molecule has 0 N–H and O–H groups in total. The van der Waals surface area contributed by atoms with Crippen molar-refractivity contribution >= 4 is 27.5 Å². The molecule has 1 aromatic heterocycles. The molecule has 1 fully saturated rings. The predicted molar refractivity (Wildman–Crippen MR) is 105 cm³/mol. The van der Waals surface area contributed by atoms with Crippen molar-refractivity contribution in [2.75, 3.05) is 32.8 Å². The minimum absolute atomic E-state index is 0.210. The van der Waals surface area contributed by atoms with Crippen LogP contribution < -0.4 is 4.74 Å². The van der Waals surface area contributed by atoms with Crippen molar-refractivity contribution in [2.24, 2.45) is 7.05 Å². The van der Waals surface area contributed by atoms with Gasteiger partial charge in [0.1, 0.15) is 10.9 Å². The van der Waals surface area contributed by atoms with Crippen LogP contribution in [0.4, 0.5) is 0 Å².